The molecule has 0 bridgehead atoms. The average molecular weight is 604 g/mol. The van der Waals surface area contributed by atoms with Gasteiger partial charge in [-0.25, -0.2) is 14.6 Å². The van der Waals surface area contributed by atoms with Crippen LogP contribution in [0.4, 0.5) is 10.6 Å². The number of nitrogens with zero attached hydrogens (tertiary/aromatic N) is 5. The molecule has 1 saturated heterocycles. The number of pyridine rings is 1. The van der Waals surface area contributed by atoms with Gasteiger partial charge in [-0.3, -0.25) is 14.7 Å². The normalized spacial score (nSPS) is 17.2. The minimum Gasteiger partial charge on any atom is -0.478 e. The fraction of sp³-hybridized carbons (Fsp3) is 0.406. The number of aliphatic carboxylic acids is 1. The molecule has 3 N–H and O–H groups in total. The summed E-state index contributed by atoms with van der Waals surface area (Å²) in [5.74, 6) is -0.299. The number of carbonyl (C=O) groups excluding carboxylic acids is 2. The number of likely N-dealkylation sites (N-methyl/N-ethyl adjacent to an activating group) is 1. The second-order valence-electron chi connectivity index (χ2n) is 11.8. The molecule has 0 saturated carbocycles. The van der Waals surface area contributed by atoms with Crippen molar-refractivity contribution in [3.05, 3.63) is 71.1 Å². The van der Waals surface area contributed by atoms with Gasteiger partial charge in [-0.1, -0.05) is 18.2 Å². The van der Waals surface area contributed by atoms with E-state index < -0.39 is 17.7 Å². The number of amides is 2. The predicted octanol–water partition coefficient (Wildman–Crippen LogP) is 3.09. The number of aryl methyl sites for hydroxylation is 1. The van der Waals surface area contributed by atoms with Crippen LogP contribution in [0.5, 0.6) is 0 Å². The van der Waals surface area contributed by atoms with Crippen LogP contribution in [0.15, 0.2) is 53.8 Å². The number of rotatable bonds is 9. The number of alkyl carbamates (subject to hydrolysis) is 1. The van der Waals surface area contributed by atoms with Crippen molar-refractivity contribution < 1.29 is 24.2 Å². The van der Waals surface area contributed by atoms with Crippen LogP contribution in [-0.2, 0) is 20.9 Å². The molecule has 1 aromatic carbocycles. The SMILES string of the molecule is Cc1cc(/C=C/C(=O)O)cnc1N1CCN(C2N=CC(c3cccc(CN(C)C(=O)CNC(=O)OC(C)(C)C)c3)=CN2)CC1. The number of piperazine rings is 1. The minimum absolute atomic E-state index is 0.142. The molecule has 4 rings (SSSR count). The lowest BCUT2D eigenvalue weighted by atomic mass is 10.0. The number of carboxylic acid groups (broad SMARTS) is 1. The summed E-state index contributed by atoms with van der Waals surface area (Å²) >= 11 is 0. The van der Waals surface area contributed by atoms with Gasteiger partial charge in [0.1, 0.15) is 18.0 Å². The highest BCUT2D eigenvalue weighted by atomic mass is 16.6. The highest BCUT2D eigenvalue weighted by Gasteiger charge is 2.25. The van der Waals surface area contributed by atoms with Gasteiger partial charge in [0.2, 0.25) is 5.91 Å². The van der Waals surface area contributed by atoms with Crippen LogP contribution in [0.2, 0.25) is 0 Å². The first-order valence-electron chi connectivity index (χ1n) is 14.5. The molecule has 1 unspecified atom stereocenters. The second-order valence-corrected chi connectivity index (χ2v) is 11.8. The van der Waals surface area contributed by atoms with E-state index in [1.54, 1.807) is 45.0 Å². The molecule has 0 spiro atoms. The number of carboxylic acids is 1. The molecule has 3 heterocycles. The lowest BCUT2D eigenvalue weighted by Gasteiger charge is -2.39. The Hall–Kier alpha value is -4.71. The number of benzene rings is 1. The van der Waals surface area contributed by atoms with E-state index in [1.807, 2.05) is 49.7 Å². The highest BCUT2D eigenvalue weighted by Crippen LogP contribution is 2.22. The Kier molecular flexibility index (Phi) is 10.4. The van der Waals surface area contributed by atoms with Crippen molar-refractivity contribution in [1.29, 1.82) is 0 Å². The van der Waals surface area contributed by atoms with Gasteiger partial charge in [0.15, 0.2) is 6.29 Å². The molecule has 2 aliphatic rings. The van der Waals surface area contributed by atoms with E-state index >= 15 is 0 Å². The molecule has 44 heavy (non-hydrogen) atoms. The minimum atomic E-state index is -0.985. The first-order valence-corrected chi connectivity index (χ1v) is 14.5. The quantitative estimate of drug-likeness (QED) is 0.369. The first kappa shape index (κ1) is 32.2. The number of carbonyl (C=O) groups is 3. The summed E-state index contributed by atoms with van der Waals surface area (Å²) in [5, 5.41) is 14.8. The fourth-order valence-electron chi connectivity index (χ4n) is 4.92. The van der Waals surface area contributed by atoms with Gasteiger partial charge in [0.25, 0.3) is 0 Å². The highest BCUT2D eigenvalue weighted by molar-refractivity contribution is 6.10. The van der Waals surface area contributed by atoms with E-state index in [0.29, 0.717) is 6.54 Å². The Morgan fingerprint density at radius 3 is 2.57 bits per heavy atom. The van der Waals surface area contributed by atoms with Crippen molar-refractivity contribution in [2.75, 3.05) is 44.7 Å². The monoisotopic (exact) mass is 603 g/mol. The van der Waals surface area contributed by atoms with E-state index in [4.69, 9.17) is 14.8 Å². The maximum atomic E-state index is 12.5. The lowest BCUT2D eigenvalue weighted by molar-refractivity contribution is -0.131. The third-order valence-electron chi connectivity index (χ3n) is 7.08. The van der Waals surface area contributed by atoms with Crippen molar-refractivity contribution in [3.63, 3.8) is 0 Å². The number of aliphatic imine (C=N–C) groups is 1. The second kappa shape index (κ2) is 14.2. The van der Waals surface area contributed by atoms with Crippen LogP contribution in [0.3, 0.4) is 0 Å². The molecule has 0 radical (unpaired) electrons. The number of hydrogen-bond acceptors (Lipinski definition) is 9. The van der Waals surface area contributed by atoms with E-state index in [-0.39, 0.29) is 18.7 Å². The summed E-state index contributed by atoms with van der Waals surface area (Å²) in [7, 11) is 1.70. The maximum absolute atomic E-state index is 12.5. The van der Waals surface area contributed by atoms with Gasteiger partial charge in [-0.2, -0.15) is 0 Å². The Balaban J connectivity index is 1.27. The molecule has 12 heteroatoms. The predicted molar refractivity (Wildman–Crippen MR) is 170 cm³/mol. The van der Waals surface area contributed by atoms with Gasteiger partial charge < -0.3 is 30.3 Å². The summed E-state index contributed by atoms with van der Waals surface area (Å²) in [5.41, 5.74) is 4.02. The third-order valence-corrected chi connectivity index (χ3v) is 7.08. The van der Waals surface area contributed by atoms with Gasteiger partial charge in [0.05, 0.1) is 0 Å². The summed E-state index contributed by atoms with van der Waals surface area (Å²) < 4.78 is 5.19. The Labute approximate surface area is 258 Å². The van der Waals surface area contributed by atoms with Crippen molar-refractivity contribution >= 4 is 41.7 Å². The molecule has 234 valence electrons. The molecule has 2 amide bonds. The number of hydrogen-bond donors (Lipinski definition) is 3. The van der Waals surface area contributed by atoms with Gasteiger partial charge in [0, 0.05) is 70.0 Å². The number of ether oxygens (including phenoxy) is 1. The van der Waals surface area contributed by atoms with Crippen molar-refractivity contribution in [2.45, 2.75) is 46.1 Å². The summed E-state index contributed by atoms with van der Waals surface area (Å²) in [6.07, 6.45) is 7.41. The number of allylic oxidation sites excluding steroid dienone is 1. The zero-order valence-corrected chi connectivity index (χ0v) is 25.9. The third kappa shape index (κ3) is 9.14. The van der Waals surface area contributed by atoms with Gasteiger partial charge in [-0.15, -0.1) is 0 Å². The number of nitrogens with one attached hydrogen (secondary N) is 2. The summed E-state index contributed by atoms with van der Waals surface area (Å²) in [6.45, 7) is 10.7. The lowest BCUT2D eigenvalue weighted by Crippen LogP contribution is -2.54. The van der Waals surface area contributed by atoms with E-state index in [2.05, 4.69) is 25.4 Å². The van der Waals surface area contributed by atoms with Crippen LogP contribution < -0.4 is 15.5 Å². The maximum Gasteiger partial charge on any atom is 0.408 e. The van der Waals surface area contributed by atoms with E-state index in [1.165, 1.54) is 0 Å². The molecule has 1 fully saturated rings. The molecule has 0 aliphatic carbocycles. The molecule has 2 aromatic rings. The van der Waals surface area contributed by atoms with Crippen LogP contribution in [0, 0.1) is 6.92 Å². The number of anilines is 1. The Morgan fingerprint density at radius 2 is 1.93 bits per heavy atom. The van der Waals surface area contributed by atoms with E-state index in [0.717, 1.165) is 65.9 Å². The molecule has 1 atom stereocenters. The van der Waals surface area contributed by atoms with Crippen LogP contribution >= 0.6 is 0 Å². The van der Waals surface area contributed by atoms with Crippen molar-refractivity contribution in [1.82, 2.24) is 25.4 Å². The molecule has 2 aliphatic heterocycles. The zero-order valence-electron chi connectivity index (χ0n) is 25.9. The smallest absolute Gasteiger partial charge is 0.408 e. The molecule has 12 nitrogen and oxygen atoms in total. The van der Waals surface area contributed by atoms with Crippen LogP contribution in [-0.4, -0.2) is 95.7 Å². The summed E-state index contributed by atoms with van der Waals surface area (Å²) in [4.78, 5) is 50.7. The number of aromatic nitrogens is 1. The van der Waals surface area contributed by atoms with Crippen molar-refractivity contribution in [3.8, 4) is 0 Å². The van der Waals surface area contributed by atoms with Gasteiger partial charge in [-0.05, 0) is 68.2 Å². The first-order chi connectivity index (χ1) is 20.9. The van der Waals surface area contributed by atoms with Crippen LogP contribution in [0.25, 0.3) is 11.6 Å². The fourth-order valence-corrected chi connectivity index (χ4v) is 4.92. The standard InChI is InChI=1S/C32H41N7O5/c1-22-15-23(9-10-28(41)42)17-33-29(22)38-11-13-39(14-12-38)30-34-18-26(19-35-30)25-8-6-7-24(16-25)21-37(5)27(40)20-36-31(43)44-32(2,3)4/h6-10,15-19,30,34H,11-14,20-21H2,1-5H3,(H,36,43)(H,41,42)/b10-9+. The van der Waals surface area contributed by atoms with Gasteiger partial charge >= 0.3 is 12.1 Å². The van der Waals surface area contributed by atoms with E-state index in [9.17, 15) is 14.4 Å². The topological polar surface area (TPSA) is 140 Å². The Morgan fingerprint density at radius 1 is 1.18 bits per heavy atom. The zero-order chi connectivity index (χ0) is 31.9. The molecular formula is C32H41N7O5. The van der Waals surface area contributed by atoms with Crippen LogP contribution in [0.1, 0.15) is 43.0 Å². The largest absolute Gasteiger partial charge is 0.478 e. The van der Waals surface area contributed by atoms with Crippen molar-refractivity contribution in [2.24, 2.45) is 4.99 Å². The summed E-state index contributed by atoms with van der Waals surface area (Å²) in [6, 6.07) is 9.89. The molecular weight excluding hydrogens is 562 g/mol. The molecule has 1 aromatic heterocycles. The Bertz CT molecular complexity index is 1460. The average Bonchev–Trinajstić information content (AvgIpc) is 2.98.